The minimum absolute atomic E-state index is 0.341. The molecule has 1 N–H and O–H groups in total. The highest BCUT2D eigenvalue weighted by molar-refractivity contribution is 5.81. The Morgan fingerprint density at radius 1 is 1.57 bits per heavy atom. The summed E-state index contributed by atoms with van der Waals surface area (Å²) in [7, 11) is 0. The highest BCUT2D eigenvalue weighted by atomic mass is 16.6. The molecule has 0 fully saturated rings. The molecular weight excluding hydrogens is 186 g/mol. The summed E-state index contributed by atoms with van der Waals surface area (Å²) < 4.78 is 9.39. The molecule has 0 rings (SSSR count). The van der Waals surface area contributed by atoms with Gasteiger partial charge >= 0.3 is 12.1 Å². The van der Waals surface area contributed by atoms with Crippen LogP contribution in [0, 0.1) is 0 Å². The van der Waals surface area contributed by atoms with Gasteiger partial charge in [0.2, 0.25) is 0 Å². The van der Waals surface area contributed by atoms with E-state index in [1.807, 2.05) is 6.92 Å². The second-order valence-electron chi connectivity index (χ2n) is 2.56. The van der Waals surface area contributed by atoms with Crippen LogP contribution in [0.2, 0.25) is 0 Å². The number of amides is 1. The van der Waals surface area contributed by atoms with E-state index in [9.17, 15) is 9.59 Å². The largest absolute Gasteiger partial charge is 0.449 e. The molecule has 0 saturated carbocycles. The summed E-state index contributed by atoms with van der Waals surface area (Å²) in [6.07, 6.45) is 0.449. The molecule has 0 saturated heterocycles. The van der Waals surface area contributed by atoms with Gasteiger partial charge in [-0.05, 0) is 13.3 Å². The molecule has 1 atom stereocenters. The van der Waals surface area contributed by atoms with Gasteiger partial charge in [0.25, 0.3) is 0 Å². The van der Waals surface area contributed by atoms with Crippen LogP contribution in [0.1, 0.15) is 20.3 Å². The molecule has 0 spiro atoms. The first kappa shape index (κ1) is 12.5. The Kier molecular flexibility index (Phi) is 6.19. The highest BCUT2D eigenvalue weighted by Gasteiger charge is 2.10. The van der Waals surface area contributed by atoms with Gasteiger partial charge in [-0.25, -0.2) is 9.59 Å². The summed E-state index contributed by atoms with van der Waals surface area (Å²) in [6, 6.07) is 0. The van der Waals surface area contributed by atoms with Crippen LogP contribution in [0.25, 0.3) is 0 Å². The minimum Gasteiger partial charge on any atom is -0.449 e. The molecule has 1 amide bonds. The lowest BCUT2D eigenvalue weighted by Crippen LogP contribution is -2.36. The zero-order chi connectivity index (χ0) is 11.0. The Morgan fingerprint density at radius 2 is 2.21 bits per heavy atom. The molecule has 1 unspecified atom stereocenters. The number of esters is 1. The number of hydrogen-bond donors (Lipinski definition) is 1. The van der Waals surface area contributed by atoms with Gasteiger partial charge in [0.05, 0.1) is 6.61 Å². The second kappa shape index (κ2) is 6.94. The quantitative estimate of drug-likeness (QED) is 0.412. The average molecular weight is 201 g/mol. The van der Waals surface area contributed by atoms with Crippen LogP contribution in [-0.4, -0.2) is 24.9 Å². The molecule has 0 aromatic rings. The Labute approximate surface area is 83.1 Å². The van der Waals surface area contributed by atoms with Crippen LogP contribution in [0.5, 0.6) is 0 Å². The summed E-state index contributed by atoms with van der Waals surface area (Å²) in [4.78, 5) is 21.6. The maximum Gasteiger partial charge on any atom is 0.409 e. The van der Waals surface area contributed by atoms with Gasteiger partial charge in [0.15, 0.2) is 6.23 Å². The number of rotatable bonds is 5. The standard InChI is InChI=1S/C9H15NO4/c1-4-6-13-9(12)10-7(3)14-8(11)5-2/h5,7H,2,4,6H2,1,3H3,(H,10,12). The van der Waals surface area contributed by atoms with Crippen molar-refractivity contribution in [2.45, 2.75) is 26.5 Å². The third kappa shape index (κ3) is 6.05. The van der Waals surface area contributed by atoms with E-state index >= 15 is 0 Å². The lowest BCUT2D eigenvalue weighted by Gasteiger charge is -2.13. The molecule has 14 heavy (non-hydrogen) atoms. The van der Waals surface area contributed by atoms with Crippen molar-refractivity contribution in [1.82, 2.24) is 5.32 Å². The van der Waals surface area contributed by atoms with Gasteiger partial charge < -0.3 is 9.47 Å². The van der Waals surface area contributed by atoms with E-state index in [2.05, 4.69) is 16.6 Å². The van der Waals surface area contributed by atoms with Crippen molar-refractivity contribution >= 4 is 12.1 Å². The summed E-state index contributed by atoms with van der Waals surface area (Å²) in [5.41, 5.74) is 0. The molecule has 0 aliphatic heterocycles. The predicted octanol–water partition coefficient (Wildman–Crippen LogP) is 1.20. The molecular formula is C9H15NO4. The van der Waals surface area contributed by atoms with E-state index in [0.29, 0.717) is 6.61 Å². The number of nitrogens with one attached hydrogen (secondary N) is 1. The fraction of sp³-hybridized carbons (Fsp3) is 0.556. The SMILES string of the molecule is C=CC(=O)OC(C)NC(=O)OCCC. The maximum absolute atomic E-state index is 10.9. The Hall–Kier alpha value is -1.52. The van der Waals surface area contributed by atoms with Crippen molar-refractivity contribution in [3.63, 3.8) is 0 Å². The number of ether oxygens (including phenoxy) is 2. The number of alkyl carbamates (subject to hydrolysis) is 1. The van der Waals surface area contributed by atoms with E-state index < -0.39 is 18.3 Å². The molecule has 0 radical (unpaired) electrons. The average Bonchev–Trinajstić information content (AvgIpc) is 2.14. The molecule has 0 aliphatic carbocycles. The Bertz CT molecular complexity index is 215. The van der Waals surface area contributed by atoms with E-state index in [0.717, 1.165) is 12.5 Å². The summed E-state index contributed by atoms with van der Waals surface area (Å²) >= 11 is 0. The van der Waals surface area contributed by atoms with Crippen molar-refractivity contribution in [2.75, 3.05) is 6.61 Å². The summed E-state index contributed by atoms with van der Waals surface area (Å²) in [6.45, 7) is 6.97. The molecule has 0 bridgehead atoms. The van der Waals surface area contributed by atoms with Crippen molar-refractivity contribution < 1.29 is 19.1 Å². The van der Waals surface area contributed by atoms with Crippen LogP contribution in [0.3, 0.4) is 0 Å². The second-order valence-corrected chi connectivity index (χ2v) is 2.56. The van der Waals surface area contributed by atoms with Crippen LogP contribution in [0.4, 0.5) is 4.79 Å². The highest BCUT2D eigenvalue weighted by Crippen LogP contribution is 1.90. The minimum atomic E-state index is -0.718. The first-order valence-electron chi connectivity index (χ1n) is 4.36. The van der Waals surface area contributed by atoms with E-state index in [1.165, 1.54) is 6.92 Å². The van der Waals surface area contributed by atoms with Crippen LogP contribution >= 0.6 is 0 Å². The Balaban J connectivity index is 3.70. The predicted molar refractivity (Wildman–Crippen MR) is 50.5 cm³/mol. The third-order valence-electron chi connectivity index (χ3n) is 1.22. The van der Waals surface area contributed by atoms with Gasteiger partial charge in [-0.2, -0.15) is 0 Å². The zero-order valence-electron chi connectivity index (χ0n) is 8.41. The van der Waals surface area contributed by atoms with Gasteiger partial charge in [0.1, 0.15) is 0 Å². The number of carbonyl (C=O) groups excluding carboxylic acids is 2. The lowest BCUT2D eigenvalue weighted by atomic mass is 10.5. The van der Waals surface area contributed by atoms with E-state index in [-0.39, 0.29) is 0 Å². The molecule has 0 aliphatic rings. The smallest absolute Gasteiger partial charge is 0.409 e. The summed E-state index contributed by atoms with van der Waals surface area (Å²) in [5.74, 6) is -0.590. The van der Waals surface area contributed by atoms with Crippen molar-refractivity contribution in [3.05, 3.63) is 12.7 Å². The van der Waals surface area contributed by atoms with E-state index in [1.54, 1.807) is 0 Å². The fourth-order valence-electron chi connectivity index (χ4n) is 0.654. The Morgan fingerprint density at radius 3 is 2.71 bits per heavy atom. The third-order valence-corrected chi connectivity index (χ3v) is 1.22. The van der Waals surface area contributed by atoms with Crippen molar-refractivity contribution in [2.24, 2.45) is 0 Å². The lowest BCUT2D eigenvalue weighted by molar-refractivity contribution is -0.143. The molecule has 80 valence electrons. The van der Waals surface area contributed by atoms with Crippen molar-refractivity contribution in [3.8, 4) is 0 Å². The zero-order valence-corrected chi connectivity index (χ0v) is 8.41. The van der Waals surface area contributed by atoms with Crippen LogP contribution < -0.4 is 5.32 Å². The maximum atomic E-state index is 10.9. The monoisotopic (exact) mass is 201 g/mol. The van der Waals surface area contributed by atoms with Crippen LogP contribution in [-0.2, 0) is 14.3 Å². The number of carbonyl (C=O) groups is 2. The molecule has 5 heteroatoms. The van der Waals surface area contributed by atoms with Crippen LogP contribution in [0.15, 0.2) is 12.7 Å². The first-order valence-corrected chi connectivity index (χ1v) is 4.36. The fourth-order valence-corrected chi connectivity index (χ4v) is 0.654. The van der Waals surface area contributed by atoms with Gasteiger partial charge in [-0.3, -0.25) is 5.32 Å². The molecule has 5 nitrogen and oxygen atoms in total. The summed E-state index contributed by atoms with van der Waals surface area (Å²) in [5, 5.41) is 2.33. The molecule has 0 aromatic heterocycles. The van der Waals surface area contributed by atoms with Gasteiger partial charge in [-0.1, -0.05) is 13.5 Å². The van der Waals surface area contributed by atoms with E-state index in [4.69, 9.17) is 4.74 Å². The van der Waals surface area contributed by atoms with Gasteiger partial charge in [-0.15, -0.1) is 0 Å². The molecule has 0 aromatic carbocycles. The van der Waals surface area contributed by atoms with Crippen molar-refractivity contribution in [1.29, 1.82) is 0 Å². The normalized spacial score (nSPS) is 11.3. The molecule has 0 heterocycles. The number of hydrogen-bond acceptors (Lipinski definition) is 4. The van der Waals surface area contributed by atoms with Gasteiger partial charge in [0, 0.05) is 6.08 Å². The first-order chi connectivity index (χ1) is 6.60. The topological polar surface area (TPSA) is 64.6 Å².